The zero-order chi connectivity index (χ0) is 18.8. The predicted octanol–water partition coefficient (Wildman–Crippen LogP) is 0.994. The van der Waals surface area contributed by atoms with Gasteiger partial charge in [-0.05, 0) is 34.1 Å². The van der Waals surface area contributed by atoms with Crippen molar-refractivity contribution in [3.05, 3.63) is 12.7 Å². The zero-order valence-electron chi connectivity index (χ0n) is 14.6. The summed E-state index contributed by atoms with van der Waals surface area (Å²) >= 11 is 0. The number of hydrogen-bond donors (Lipinski definition) is 2. The van der Waals surface area contributed by atoms with Gasteiger partial charge in [-0.25, -0.2) is 24.5 Å². The summed E-state index contributed by atoms with van der Waals surface area (Å²) in [6.07, 6.45) is 1.96. The standard InChI is InChI=1S/C15H22N6O4/c1-14(2,3)25-13(23)24-12(22)15(4,17)5-6-21-8-20-9-10(16)18-7-19-11(9)21/h7-8H,5-6,17H2,1-4H3,(H2,16,18,19). The van der Waals surface area contributed by atoms with Gasteiger partial charge in [-0.1, -0.05) is 0 Å². The van der Waals surface area contributed by atoms with Gasteiger partial charge in [0.25, 0.3) is 0 Å². The van der Waals surface area contributed by atoms with Crippen molar-refractivity contribution in [3.63, 3.8) is 0 Å². The fourth-order valence-electron chi connectivity index (χ4n) is 1.98. The van der Waals surface area contributed by atoms with E-state index in [0.717, 1.165) is 0 Å². The maximum absolute atomic E-state index is 12.1. The first-order chi connectivity index (χ1) is 11.5. The largest absolute Gasteiger partial charge is 0.516 e. The number of imidazole rings is 1. The Balaban J connectivity index is 2.01. The SMILES string of the molecule is CC(C)(C)OC(=O)OC(=O)C(C)(N)CCn1cnc2c(N)ncnc21. The molecule has 10 heteroatoms. The van der Waals surface area contributed by atoms with E-state index in [2.05, 4.69) is 19.7 Å². The lowest BCUT2D eigenvalue weighted by Gasteiger charge is -2.23. The van der Waals surface area contributed by atoms with Crippen LogP contribution in [0.3, 0.4) is 0 Å². The van der Waals surface area contributed by atoms with Crippen molar-refractivity contribution in [2.45, 2.75) is 51.8 Å². The lowest BCUT2D eigenvalue weighted by Crippen LogP contribution is -2.48. The number of fused-ring (bicyclic) bond motifs is 1. The minimum absolute atomic E-state index is 0.185. The second-order valence-electron chi connectivity index (χ2n) is 6.89. The molecular weight excluding hydrogens is 328 g/mol. The maximum atomic E-state index is 12.1. The highest BCUT2D eigenvalue weighted by Crippen LogP contribution is 2.17. The fourth-order valence-corrected chi connectivity index (χ4v) is 1.98. The van der Waals surface area contributed by atoms with Gasteiger partial charge in [-0.2, -0.15) is 0 Å². The maximum Gasteiger partial charge on any atom is 0.516 e. The van der Waals surface area contributed by atoms with Crippen molar-refractivity contribution >= 4 is 29.1 Å². The number of esters is 1. The number of aryl methyl sites for hydroxylation is 1. The van der Waals surface area contributed by atoms with E-state index < -0.39 is 23.3 Å². The van der Waals surface area contributed by atoms with Gasteiger partial charge in [0.05, 0.1) is 6.33 Å². The molecule has 0 radical (unpaired) electrons. The predicted molar refractivity (Wildman–Crippen MR) is 89.3 cm³/mol. The molecule has 0 amide bonds. The van der Waals surface area contributed by atoms with Crippen molar-refractivity contribution in [3.8, 4) is 0 Å². The highest BCUT2D eigenvalue weighted by Gasteiger charge is 2.33. The molecule has 0 aliphatic carbocycles. The van der Waals surface area contributed by atoms with E-state index >= 15 is 0 Å². The molecule has 1 atom stereocenters. The Morgan fingerprint density at radius 2 is 1.88 bits per heavy atom. The average Bonchev–Trinajstić information content (AvgIpc) is 2.87. The van der Waals surface area contributed by atoms with Gasteiger partial charge in [-0.15, -0.1) is 0 Å². The van der Waals surface area contributed by atoms with Crippen LogP contribution in [0.5, 0.6) is 0 Å². The molecule has 1 unspecified atom stereocenters. The molecule has 0 aliphatic heterocycles. The van der Waals surface area contributed by atoms with Gasteiger partial charge in [-0.3, -0.25) is 0 Å². The fraction of sp³-hybridized carbons (Fsp3) is 0.533. The Labute approximate surface area is 144 Å². The average molecular weight is 350 g/mol. The van der Waals surface area contributed by atoms with Gasteiger partial charge in [0.2, 0.25) is 0 Å². The summed E-state index contributed by atoms with van der Waals surface area (Å²) < 4.78 is 11.3. The number of aromatic nitrogens is 4. The molecule has 2 aromatic rings. The summed E-state index contributed by atoms with van der Waals surface area (Å²) in [4.78, 5) is 35.8. The van der Waals surface area contributed by atoms with Crippen LogP contribution < -0.4 is 11.5 Å². The molecule has 0 spiro atoms. The third-order valence-corrected chi connectivity index (χ3v) is 3.33. The van der Waals surface area contributed by atoms with E-state index in [-0.39, 0.29) is 12.2 Å². The van der Waals surface area contributed by atoms with E-state index in [0.29, 0.717) is 17.7 Å². The minimum Gasteiger partial charge on any atom is -0.428 e. The van der Waals surface area contributed by atoms with Crippen LogP contribution in [0.25, 0.3) is 11.2 Å². The molecule has 2 aromatic heterocycles. The second-order valence-corrected chi connectivity index (χ2v) is 6.89. The minimum atomic E-state index is -1.40. The van der Waals surface area contributed by atoms with E-state index in [1.54, 1.807) is 25.3 Å². The van der Waals surface area contributed by atoms with Crippen molar-refractivity contribution < 1.29 is 19.1 Å². The van der Waals surface area contributed by atoms with Crippen LogP contribution in [0.2, 0.25) is 0 Å². The molecular formula is C15H22N6O4. The van der Waals surface area contributed by atoms with Gasteiger partial charge in [0.1, 0.15) is 23.0 Å². The van der Waals surface area contributed by atoms with E-state index in [1.807, 2.05) is 0 Å². The summed E-state index contributed by atoms with van der Waals surface area (Å²) in [7, 11) is 0. The molecule has 4 N–H and O–H groups in total. The van der Waals surface area contributed by atoms with Gasteiger partial charge >= 0.3 is 12.1 Å². The van der Waals surface area contributed by atoms with E-state index in [9.17, 15) is 9.59 Å². The smallest absolute Gasteiger partial charge is 0.428 e. The quantitative estimate of drug-likeness (QED) is 0.608. The van der Waals surface area contributed by atoms with Crippen LogP contribution in [0, 0.1) is 0 Å². The Kier molecular flexibility index (Phi) is 4.93. The van der Waals surface area contributed by atoms with Crippen molar-refractivity contribution in [2.75, 3.05) is 5.73 Å². The lowest BCUT2D eigenvalue weighted by atomic mass is 10.00. The normalized spacial score (nSPS) is 14.1. The molecule has 0 aromatic carbocycles. The number of anilines is 1. The first-order valence-corrected chi connectivity index (χ1v) is 7.65. The summed E-state index contributed by atoms with van der Waals surface area (Å²) in [5.41, 5.74) is 10.6. The molecule has 10 nitrogen and oxygen atoms in total. The van der Waals surface area contributed by atoms with Crippen molar-refractivity contribution in [1.29, 1.82) is 0 Å². The van der Waals surface area contributed by atoms with E-state index in [1.165, 1.54) is 19.6 Å². The number of nitrogens with zero attached hydrogens (tertiary/aromatic N) is 4. The first-order valence-electron chi connectivity index (χ1n) is 7.65. The highest BCUT2D eigenvalue weighted by atomic mass is 16.7. The van der Waals surface area contributed by atoms with Crippen LogP contribution in [0.15, 0.2) is 12.7 Å². The topological polar surface area (TPSA) is 148 Å². The third kappa shape index (κ3) is 4.63. The number of carbonyl (C=O) groups is 2. The van der Waals surface area contributed by atoms with Gasteiger partial charge in [0.15, 0.2) is 11.5 Å². The summed E-state index contributed by atoms with van der Waals surface area (Å²) in [5, 5.41) is 0. The molecule has 2 heterocycles. The second kappa shape index (κ2) is 6.63. The lowest BCUT2D eigenvalue weighted by molar-refractivity contribution is -0.147. The monoisotopic (exact) mass is 350 g/mol. The van der Waals surface area contributed by atoms with Crippen LogP contribution in [0.4, 0.5) is 10.6 Å². The van der Waals surface area contributed by atoms with Gasteiger partial charge in [0, 0.05) is 6.54 Å². The number of nitrogens with two attached hydrogens (primary N) is 2. The molecule has 0 aliphatic rings. The van der Waals surface area contributed by atoms with Crippen LogP contribution in [-0.4, -0.2) is 42.8 Å². The zero-order valence-corrected chi connectivity index (χ0v) is 14.6. The molecule has 2 rings (SSSR count). The Bertz CT molecular complexity index is 793. The molecule has 0 fully saturated rings. The van der Waals surface area contributed by atoms with Crippen LogP contribution in [-0.2, 0) is 20.8 Å². The van der Waals surface area contributed by atoms with E-state index in [4.69, 9.17) is 16.2 Å². The summed E-state index contributed by atoms with van der Waals surface area (Å²) in [5.74, 6) is -0.607. The van der Waals surface area contributed by atoms with Crippen molar-refractivity contribution in [2.24, 2.45) is 5.73 Å². The number of ether oxygens (including phenoxy) is 2. The number of nitrogen functional groups attached to an aromatic ring is 1. The molecule has 0 saturated carbocycles. The summed E-state index contributed by atoms with van der Waals surface area (Å²) in [6.45, 7) is 6.79. The van der Waals surface area contributed by atoms with Crippen molar-refractivity contribution in [1.82, 2.24) is 19.5 Å². The molecule has 0 bridgehead atoms. The number of rotatable bonds is 4. The first kappa shape index (κ1) is 18.6. The molecule has 25 heavy (non-hydrogen) atoms. The van der Waals surface area contributed by atoms with Gasteiger partial charge < -0.3 is 25.5 Å². The van der Waals surface area contributed by atoms with Crippen LogP contribution in [0.1, 0.15) is 34.1 Å². The molecule has 0 saturated heterocycles. The Hall–Kier alpha value is -2.75. The number of carbonyl (C=O) groups excluding carboxylic acids is 2. The third-order valence-electron chi connectivity index (χ3n) is 3.33. The Morgan fingerprint density at radius 3 is 2.52 bits per heavy atom. The molecule has 136 valence electrons. The number of hydrogen-bond acceptors (Lipinski definition) is 9. The highest BCUT2D eigenvalue weighted by molar-refractivity contribution is 5.88. The summed E-state index contributed by atoms with van der Waals surface area (Å²) in [6, 6.07) is 0. The Morgan fingerprint density at radius 1 is 1.20 bits per heavy atom. The van der Waals surface area contributed by atoms with Crippen LogP contribution >= 0.6 is 0 Å².